The van der Waals surface area contributed by atoms with Crippen LogP contribution in [0.3, 0.4) is 0 Å². The van der Waals surface area contributed by atoms with Gasteiger partial charge in [-0.25, -0.2) is 0 Å². The summed E-state index contributed by atoms with van der Waals surface area (Å²) in [6, 6.07) is -0.0982. The van der Waals surface area contributed by atoms with Gasteiger partial charge in [-0.05, 0) is 12.8 Å². The summed E-state index contributed by atoms with van der Waals surface area (Å²) in [6.45, 7) is 6.69. The van der Waals surface area contributed by atoms with Gasteiger partial charge in [0, 0.05) is 5.75 Å². The van der Waals surface area contributed by atoms with Crippen LogP contribution in [0, 0.1) is 5.92 Å². The van der Waals surface area contributed by atoms with Crippen molar-refractivity contribution >= 4 is 17.7 Å². The van der Waals surface area contributed by atoms with Crippen LogP contribution in [-0.2, 0) is 9.53 Å². The zero-order valence-corrected chi connectivity index (χ0v) is 9.89. The molecular formula is C10H19NO2S. The lowest BCUT2D eigenvalue weighted by molar-refractivity contribution is -0.144. The molecule has 1 saturated heterocycles. The first-order valence-electron chi connectivity index (χ1n) is 5.23. The monoisotopic (exact) mass is 217 g/mol. The first kappa shape index (κ1) is 11.9. The zero-order valence-electron chi connectivity index (χ0n) is 9.08. The minimum atomic E-state index is -0.106. The van der Waals surface area contributed by atoms with Crippen LogP contribution in [-0.4, -0.2) is 29.7 Å². The molecular weight excluding hydrogens is 198 g/mol. The smallest absolute Gasteiger partial charge is 0.324 e. The number of hydrogen-bond donors (Lipinski definition) is 1. The molecule has 0 saturated carbocycles. The van der Waals surface area contributed by atoms with E-state index < -0.39 is 0 Å². The highest BCUT2D eigenvalue weighted by molar-refractivity contribution is 8.00. The molecule has 1 heterocycles. The summed E-state index contributed by atoms with van der Waals surface area (Å²) in [7, 11) is 0. The van der Waals surface area contributed by atoms with Gasteiger partial charge < -0.3 is 4.74 Å². The minimum absolute atomic E-state index is 0.0982. The molecule has 14 heavy (non-hydrogen) atoms. The van der Waals surface area contributed by atoms with Gasteiger partial charge in [0.1, 0.15) is 6.04 Å². The van der Waals surface area contributed by atoms with Crippen LogP contribution in [0.15, 0.2) is 0 Å². The maximum atomic E-state index is 11.4. The molecule has 4 heteroatoms. The minimum Gasteiger partial charge on any atom is -0.465 e. The topological polar surface area (TPSA) is 38.3 Å². The van der Waals surface area contributed by atoms with Gasteiger partial charge in [0.15, 0.2) is 0 Å². The zero-order chi connectivity index (χ0) is 10.6. The lowest BCUT2D eigenvalue weighted by Crippen LogP contribution is -2.39. The Morgan fingerprint density at radius 2 is 2.36 bits per heavy atom. The van der Waals surface area contributed by atoms with Gasteiger partial charge in [-0.2, -0.15) is 0 Å². The van der Waals surface area contributed by atoms with Crippen molar-refractivity contribution in [2.24, 2.45) is 5.92 Å². The fraction of sp³-hybridized carbons (Fsp3) is 0.900. The first-order chi connectivity index (χ1) is 6.69. The lowest BCUT2D eigenvalue weighted by Gasteiger charge is -2.17. The highest BCUT2D eigenvalue weighted by Gasteiger charge is 2.32. The molecule has 3 unspecified atom stereocenters. The van der Waals surface area contributed by atoms with Crippen LogP contribution in [0.1, 0.15) is 27.2 Å². The summed E-state index contributed by atoms with van der Waals surface area (Å²) in [5, 5.41) is 3.73. The van der Waals surface area contributed by atoms with Crippen molar-refractivity contribution in [3.8, 4) is 0 Å². The second-order valence-electron chi connectivity index (χ2n) is 3.61. The Hall–Kier alpha value is -0.220. The van der Waals surface area contributed by atoms with Crippen molar-refractivity contribution in [1.29, 1.82) is 0 Å². The predicted molar refractivity (Wildman–Crippen MR) is 59.3 cm³/mol. The molecule has 82 valence electrons. The van der Waals surface area contributed by atoms with E-state index in [0.717, 1.165) is 12.2 Å². The normalized spacial score (nSPS) is 28.8. The summed E-state index contributed by atoms with van der Waals surface area (Å²) in [5.41, 5.74) is 0. The van der Waals surface area contributed by atoms with Crippen molar-refractivity contribution in [2.45, 2.75) is 38.6 Å². The number of carbonyl (C=O) groups is 1. The van der Waals surface area contributed by atoms with E-state index in [1.807, 2.05) is 18.7 Å². The van der Waals surface area contributed by atoms with Gasteiger partial charge in [0.2, 0.25) is 0 Å². The van der Waals surface area contributed by atoms with E-state index in [-0.39, 0.29) is 12.0 Å². The molecule has 0 spiro atoms. The number of nitrogens with one attached hydrogen (secondary N) is 1. The maximum Gasteiger partial charge on any atom is 0.324 e. The summed E-state index contributed by atoms with van der Waals surface area (Å²) >= 11 is 1.83. The van der Waals surface area contributed by atoms with Crippen LogP contribution in [0.25, 0.3) is 0 Å². The molecule has 0 aliphatic carbocycles. The average molecular weight is 217 g/mol. The molecule has 3 atom stereocenters. The average Bonchev–Trinajstić information content (AvgIpc) is 2.66. The van der Waals surface area contributed by atoms with Gasteiger partial charge in [-0.3, -0.25) is 10.1 Å². The van der Waals surface area contributed by atoms with E-state index in [2.05, 4.69) is 19.2 Å². The van der Waals surface area contributed by atoms with Crippen molar-refractivity contribution in [3.63, 3.8) is 0 Å². The Morgan fingerprint density at radius 3 is 2.93 bits per heavy atom. The summed E-state index contributed by atoms with van der Waals surface area (Å²) in [5.74, 6) is 1.35. The van der Waals surface area contributed by atoms with Crippen molar-refractivity contribution in [3.05, 3.63) is 0 Å². The number of ether oxygens (including phenoxy) is 1. The summed E-state index contributed by atoms with van der Waals surface area (Å²) in [6.07, 6.45) is 1.14. The lowest BCUT2D eigenvalue weighted by atomic mass is 10.1. The quantitative estimate of drug-likeness (QED) is 0.726. The Labute approximate surface area is 90.0 Å². The fourth-order valence-electron chi connectivity index (χ4n) is 1.42. The van der Waals surface area contributed by atoms with Crippen LogP contribution >= 0.6 is 11.8 Å². The Morgan fingerprint density at radius 1 is 1.64 bits per heavy atom. The van der Waals surface area contributed by atoms with E-state index in [1.165, 1.54) is 0 Å². The number of hydrogen-bond acceptors (Lipinski definition) is 4. The SMILES string of the molecule is CCOC(=O)C1CSC(C(C)CC)N1. The molecule has 0 radical (unpaired) electrons. The van der Waals surface area contributed by atoms with Gasteiger partial charge in [-0.15, -0.1) is 11.8 Å². The van der Waals surface area contributed by atoms with Gasteiger partial charge in [-0.1, -0.05) is 20.3 Å². The van der Waals surface area contributed by atoms with Crippen molar-refractivity contribution in [1.82, 2.24) is 5.32 Å². The van der Waals surface area contributed by atoms with Crippen LogP contribution < -0.4 is 5.32 Å². The van der Waals surface area contributed by atoms with Crippen LogP contribution in [0.2, 0.25) is 0 Å². The molecule has 3 nitrogen and oxygen atoms in total. The Bertz CT molecular complexity index is 199. The first-order valence-corrected chi connectivity index (χ1v) is 6.28. The van der Waals surface area contributed by atoms with E-state index in [4.69, 9.17) is 4.74 Å². The standard InChI is InChI=1S/C10H19NO2S/c1-4-7(3)9-11-8(6-14-9)10(12)13-5-2/h7-9,11H,4-6H2,1-3H3. The van der Waals surface area contributed by atoms with Crippen LogP contribution in [0.5, 0.6) is 0 Å². The predicted octanol–water partition coefficient (Wildman–Crippen LogP) is 1.63. The molecule has 0 aromatic heterocycles. The second-order valence-corrected chi connectivity index (χ2v) is 4.79. The highest BCUT2D eigenvalue weighted by atomic mass is 32.2. The third-order valence-electron chi connectivity index (χ3n) is 2.54. The third kappa shape index (κ3) is 2.89. The van der Waals surface area contributed by atoms with Crippen molar-refractivity contribution < 1.29 is 9.53 Å². The third-order valence-corrected chi connectivity index (χ3v) is 4.03. The number of carbonyl (C=O) groups excluding carboxylic acids is 1. The number of thioether (sulfide) groups is 1. The van der Waals surface area contributed by atoms with Gasteiger partial charge >= 0.3 is 5.97 Å². The molecule has 0 bridgehead atoms. The van der Waals surface area contributed by atoms with Gasteiger partial charge in [0.25, 0.3) is 0 Å². The van der Waals surface area contributed by atoms with E-state index in [1.54, 1.807) is 0 Å². The molecule has 1 aliphatic rings. The number of esters is 1. The van der Waals surface area contributed by atoms with Crippen LogP contribution in [0.4, 0.5) is 0 Å². The maximum absolute atomic E-state index is 11.4. The van der Waals surface area contributed by atoms with E-state index in [9.17, 15) is 4.79 Å². The van der Waals surface area contributed by atoms with Crippen molar-refractivity contribution in [2.75, 3.05) is 12.4 Å². The second kappa shape index (κ2) is 5.61. The summed E-state index contributed by atoms with van der Waals surface area (Å²) < 4.78 is 4.97. The largest absolute Gasteiger partial charge is 0.465 e. The molecule has 1 fully saturated rings. The Kier molecular flexibility index (Phi) is 4.75. The molecule has 1 N–H and O–H groups in total. The Balaban J connectivity index is 2.37. The number of rotatable bonds is 4. The summed E-state index contributed by atoms with van der Waals surface area (Å²) in [4.78, 5) is 11.4. The molecule has 1 rings (SSSR count). The fourth-order valence-corrected chi connectivity index (χ4v) is 2.83. The van der Waals surface area contributed by atoms with Gasteiger partial charge in [0.05, 0.1) is 12.0 Å². The molecule has 0 aromatic carbocycles. The highest BCUT2D eigenvalue weighted by Crippen LogP contribution is 2.26. The van der Waals surface area contributed by atoms with E-state index in [0.29, 0.717) is 17.9 Å². The molecule has 0 aromatic rings. The molecule has 1 aliphatic heterocycles. The van der Waals surface area contributed by atoms with E-state index >= 15 is 0 Å². The molecule has 0 amide bonds.